The number of allylic oxidation sites excluding steroid dienone is 2. The fraction of sp³-hybridized carbons (Fsp3) is 0.684. The Morgan fingerprint density at radius 1 is 1.46 bits per heavy atom. The van der Waals surface area contributed by atoms with E-state index in [9.17, 15) is 4.79 Å². The molecule has 1 aliphatic heterocycles. The lowest BCUT2D eigenvalue weighted by Gasteiger charge is -2.34. The molecule has 1 spiro atoms. The molecule has 0 aromatic carbocycles. The summed E-state index contributed by atoms with van der Waals surface area (Å²) in [6, 6.07) is 0.677. The van der Waals surface area contributed by atoms with E-state index in [4.69, 9.17) is 0 Å². The van der Waals surface area contributed by atoms with E-state index in [1.807, 2.05) is 6.20 Å². The molecular formula is C19H27N3OS. The summed E-state index contributed by atoms with van der Waals surface area (Å²) in [7, 11) is 2.23. The number of hydrogen-bond acceptors (Lipinski definition) is 4. The lowest BCUT2D eigenvalue weighted by atomic mass is 9.91. The quantitative estimate of drug-likeness (QED) is 0.768. The third kappa shape index (κ3) is 3.29. The Kier molecular flexibility index (Phi) is 4.48. The monoisotopic (exact) mass is 345 g/mol. The SMILES string of the molecule is CN(Cc1nccs1)[C@@H]1CC12CCN(C(=O)C[C@@H]1C=CCC1)CC2. The number of carbonyl (C=O) groups excluding carboxylic acids is 1. The molecule has 4 rings (SSSR count). The van der Waals surface area contributed by atoms with Crippen LogP contribution in [-0.4, -0.2) is 46.9 Å². The second-order valence-electron chi connectivity index (χ2n) is 7.77. The molecular weight excluding hydrogens is 318 g/mol. The number of aromatic nitrogens is 1. The fourth-order valence-corrected chi connectivity index (χ4v) is 5.24. The summed E-state index contributed by atoms with van der Waals surface area (Å²) < 4.78 is 0. The second kappa shape index (κ2) is 6.60. The third-order valence-electron chi connectivity index (χ3n) is 6.21. The molecule has 3 aliphatic rings. The Hall–Kier alpha value is -1.20. The zero-order valence-corrected chi connectivity index (χ0v) is 15.3. The summed E-state index contributed by atoms with van der Waals surface area (Å²) in [5.41, 5.74) is 0.468. The molecule has 2 aliphatic carbocycles. The van der Waals surface area contributed by atoms with Crippen molar-refractivity contribution < 1.29 is 4.79 Å². The number of hydrogen-bond donors (Lipinski definition) is 0. The van der Waals surface area contributed by atoms with Crippen molar-refractivity contribution in [1.82, 2.24) is 14.8 Å². The van der Waals surface area contributed by atoms with Crippen molar-refractivity contribution in [3.8, 4) is 0 Å². The molecule has 1 saturated carbocycles. The molecule has 5 heteroatoms. The van der Waals surface area contributed by atoms with Gasteiger partial charge >= 0.3 is 0 Å². The molecule has 0 radical (unpaired) electrons. The van der Waals surface area contributed by atoms with Crippen molar-refractivity contribution in [3.05, 3.63) is 28.7 Å². The maximum Gasteiger partial charge on any atom is 0.223 e. The highest BCUT2D eigenvalue weighted by Gasteiger charge is 2.56. The van der Waals surface area contributed by atoms with Crippen molar-refractivity contribution in [2.75, 3.05) is 20.1 Å². The number of amides is 1. The standard InChI is InChI=1S/C19H27N3OS/c1-21(14-17-20-8-11-24-17)16-13-19(16)6-9-22(10-7-19)18(23)12-15-4-2-3-5-15/h2,4,8,11,15-16H,3,5-7,9-10,12-14H2,1H3/t15-,16-/m1/s1. The van der Waals surface area contributed by atoms with E-state index in [0.29, 0.717) is 23.3 Å². The van der Waals surface area contributed by atoms with Crippen LogP contribution in [0.2, 0.25) is 0 Å². The van der Waals surface area contributed by atoms with Gasteiger partial charge in [-0.25, -0.2) is 4.98 Å². The normalized spacial score (nSPS) is 28.0. The maximum atomic E-state index is 12.5. The van der Waals surface area contributed by atoms with Crippen molar-refractivity contribution in [1.29, 1.82) is 0 Å². The predicted molar refractivity (Wildman–Crippen MR) is 96.7 cm³/mol. The van der Waals surface area contributed by atoms with Gasteiger partial charge in [0.1, 0.15) is 5.01 Å². The van der Waals surface area contributed by atoms with Crippen LogP contribution in [0.25, 0.3) is 0 Å². The van der Waals surface area contributed by atoms with Crippen LogP contribution < -0.4 is 0 Å². The van der Waals surface area contributed by atoms with Gasteiger partial charge < -0.3 is 4.90 Å². The highest BCUT2D eigenvalue weighted by molar-refractivity contribution is 7.09. The zero-order chi connectivity index (χ0) is 16.6. The predicted octanol–water partition coefficient (Wildman–Crippen LogP) is 3.31. The number of thiazole rings is 1. The molecule has 0 bridgehead atoms. The first-order chi connectivity index (χ1) is 11.7. The Morgan fingerprint density at radius 2 is 2.29 bits per heavy atom. The number of carbonyl (C=O) groups is 1. The molecule has 0 unspecified atom stereocenters. The Balaban J connectivity index is 1.26. The van der Waals surface area contributed by atoms with Crippen LogP contribution in [0, 0.1) is 11.3 Å². The van der Waals surface area contributed by atoms with Gasteiger partial charge in [-0.15, -0.1) is 11.3 Å². The van der Waals surface area contributed by atoms with Crippen molar-refractivity contribution in [2.24, 2.45) is 11.3 Å². The molecule has 4 nitrogen and oxygen atoms in total. The van der Waals surface area contributed by atoms with Crippen molar-refractivity contribution in [2.45, 2.75) is 51.1 Å². The van der Waals surface area contributed by atoms with Crippen LogP contribution in [-0.2, 0) is 11.3 Å². The van der Waals surface area contributed by atoms with Gasteiger partial charge in [0.25, 0.3) is 0 Å². The van der Waals surface area contributed by atoms with E-state index in [1.54, 1.807) is 11.3 Å². The molecule has 1 amide bonds. The van der Waals surface area contributed by atoms with Crippen LogP contribution >= 0.6 is 11.3 Å². The summed E-state index contributed by atoms with van der Waals surface area (Å²) in [5.74, 6) is 0.862. The topological polar surface area (TPSA) is 36.4 Å². The Morgan fingerprint density at radius 3 is 2.96 bits per heavy atom. The van der Waals surface area contributed by atoms with Gasteiger partial charge in [-0.05, 0) is 50.5 Å². The van der Waals surface area contributed by atoms with E-state index in [1.165, 1.54) is 24.3 Å². The summed E-state index contributed by atoms with van der Waals surface area (Å²) in [6.45, 7) is 2.87. The number of likely N-dealkylation sites (tertiary alicyclic amines) is 1. The van der Waals surface area contributed by atoms with Crippen LogP contribution in [0.1, 0.15) is 43.5 Å². The average Bonchev–Trinajstić information content (AvgIpc) is 2.99. The molecule has 1 aromatic rings. The number of nitrogens with zero attached hydrogens (tertiary/aromatic N) is 3. The lowest BCUT2D eigenvalue weighted by Crippen LogP contribution is -2.41. The second-order valence-corrected chi connectivity index (χ2v) is 8.75. The van der Waals surface area contributed by atoms with Gasteiger partial charge in [-0.1, -0.05) is 12.2 Å². The molecule has 2 fully saturated rings. The summed E-state index contributed by atoms with van der Waals surface area (Å²) in [4.78, 5) is 21.5. The van der Waals surface area contributed by atoms with E-state index in [0.717, 1.165) is 38.9 Å². The maximum absolute atomic E-state index is 12.5. The van der Waals surface area contributed by atoms with Gasteiger partial charge in [-0.2, -0.15) is 0 Å². The molecule has 2 heterocycles. The van der Waals surface area contributed by atoms with Crippen LogP contribution in [0.15, 0.2) is 23.7 Å². The Bertz CT molecular complexity index is 604. The summed E-state index contributed by atoms with van der Waals surface area (Å²) >= 11 is 1.74. The molecule has 24 heavy (non-hydrogen) atoms. The zero-order valence-electron chi connectivity index (χ0n) is 14.5. The Labute approximate surface area is 148 Å². The molecule has 130 valence electrons. The van der Waals surface area contributed by atoms with Crippen LogP contribution in [0.4, 0.5) is 0 Å². The first-order valence-corrected chi connectivity index (χ1v) is 10.1. The van der Waals surface area contributed by atoms with Gasteiger partial charge in [0, 0.05) is 37.1 Å². The van der Waals surface area contributed by atoms with E-state index in [-0.39, 0.29) is 0 Å². The number of rotatable bonds is 5. The van der Waals surface area contributed by atoms with Gasteiger partial charge in [0.2, 0.25) is 5.91 Å². The van der Waals surface area contributed by atoms with Crippen molar-refractivity contribution in [3.63, 3.8) is 0 Å². The molecule has 2 atom stereocenters. The number of piperidine rings is 1. The van der Waals surface area contributed by atoms with Gasteiger partial charge in [-0.3, -0.25) is 9.69 Å². The highest BCUT2D eigenvalue weighted by atomic mass is 32.1. The smallest absolute Gasteiger partial charge is 0.223 e. The van der Waals surface area contributed by atoms with Gasteiger partial charge in [0.05, 0.1) is 6.54 Å². The molecule has 1 saturated heterocycles. The average molecular weight is 346 g/mol. The summed E-state index contributed by atoms with van der Waals surface area (Å²) in [6.07, 6.45) is 13.0. The fourth-order valence-electron chi connectivity index (χ4n) is 4.56. The minimum atomic E-state index is 0.370. The third-order valence-corrected chi connectivity index (χ3v) is 6.97. The first-order valence-electron chi connectivity index (χ1n) is 9.19. The minimum absolute atomic E-state index is 0.370. The largest absolute Gasteiger partial charge is 0.343 e. The highest BCUT2D eigenvalue weighted by Crippen LogP contribution is 2.56. The van der Waals surface area contributed by atoms with E-state index < -0.39 is 0 Å². The van der Waals surface area contributed by atoms with Gasteiger partial charge in [0.15, 0.2) is 0 Å². The van der Waals surface area contributed by atoms with E-state index >= 15 is 0 Å². The molecule has 1 aromatic heterocycles. The van der Waals surface area contributed by atoms with Crippen molar-refractivity contribution >= 4 is 17.2 Å². The van der Waals surface area contributed by atoms with E-state index in [2.05, 4.69) is 39.4 Å². The minimum Gasteiger partial charge on any atom is -0.343 e. The summed E-state index contributed by atoms with van der Waals surface area (Å²) in [5, 5.41) is 3.26. The van der Waals surface area contributed by atoms with Crippen LogP contribution in [0.3, 0.4) is 0 Å². The lowest BCUT2D eigenvalue weighted by molar-refractivity contribution is -0.133. The first kappa shape index (κ1) is 16.3. The molecule has 0 N–H and O–H groups in total. The van der Waals surface area contributed by atoms with Crippen LogP contribution in [0.5, 0.6) is 0 Å².